The summed E-state index contributed by atoms with van der Waals surface area (Å²) in [5.74, 6) is -0.0454. The summed E-state index contributed by atoms with van der Waals surface area (Å²) in [5.41, 5.74) is 2.10. The predicted molar refractivity (Wildman–Crippen MR) is 85.4 cm³/mol. The Morgan fingerprint density at radius 3 is 2.73 bits per heavy atom. The molecule has 0 N–H and O–H groups in total. The molecule has 22 heavy (non-hydrogen) atoms. The Morgan fingerprint density at radius 1 is 1.32 bits per heavy atom. The fourth-order valence-corrected chi connectivity index (χ4v) is 3.42. The molecule has 1 aliphatic rings. The van der Waals surface area contributed by atoms with Crippen molar-refractivity contribution in [1.29, 1.82) is 0 Å². The number of rotatable bonds is 7. The summed E-state index contributed by atoms with van der Waals surface area (Å²) in [5, 5.41) is 0. The molecule has 1 aromatic carbocycles. The van der Waals surface area contributed by atoms with E-state index in [4.69, 9.17) is 4.74 Å². The third-order valence-electron chi connectivity index (χ3n) is 3.78. The van der Waals surface area contributed by atoms with Crippen molar-refractivity contribution in [3.8, 4) is 0 Å². The lowest BCUT2D eigenvalue weighted by Gasteiger charge is -2.22. The van der Waals surface area contributed by atoms with Gasteiger partial charge in [-0.3, -0.25) is 4.79 Å². The van der Waals surface area contributed by atoms with E-state index in [9.17, 15) is 13.2 Å². The zero-order chi connectivity index (χ0) is 16.2. The minimum absolute atomic E-state index is 0.0454. The molecular formula is C15H22N2O4S. The second-order valence-electron chi connectivity index (χ2n) is 5.33. The van der Waals surface area contributed by atoms with E-state index in [1.54, 1.807) is 4.90 Å². The molecule has 0 fully saturated rings. The third-order valence-corrected chi connectivity index (χ3v) is 5.08. The van der Waals surface area contributed by atoms with Crippen molar-refractivity contribution in [2.24, 2.45) is 0 Å². The number of benzene rings is 1. The molecule has 0 aromatic heterocycles. The summed E-state index contributed by atoms with van der Waals surface area (Å²) in [4.78, 5) is 14.1. The first kappa shape index (κ1) is 16.9. The number of fused-ring (bicyclic) bond motifs is 1. The highest BCUT2D eigenvalue weighted by Gasteiger charge is 2.25. The van der Waals surface area contributed by atoms with Gasteiger partial charge < -0.3 is 9.64 Å². The van der Waals surface area contributed by atoms with Gasteiger partial charge in [-0.15, -0.1) is 0 Å². The Morgan fingerprint density at radius 2 is 2.05 bits per heavy atom. The summed E-state index contributed by atoms with van der Waals surface area (Å²) in [6, 6.07) is 7.82. The quantitative estimate of drug-likeness (QED) is 0.746. The Bertz CT molecular complexity index is 630. The van der Waals surface area contributed by atoms with Crippen molar-refractivity contribution < 1.29 is 17.9 Å². The van der Waals surface area contributed by atoms with Crippen LogP contribution in [0, 0.1) is 0 Å². The molecule has 1 aromatic rings. The highest BCUT2D eigenvalue weighted by molar-refractivity contribution is 7.88. The SMILES string of the molecule is COCCN(CCC(=O)N1CCc2ccccc21)S(C)(=O)=O. The van der Waals surface area contributed by atoms with Crippen LogP contribution in [-0.2, 0) is 26.0 Å². The molecule has 1 aliphatic heterocycles. The molecule has 0 aliphatic carbocycles. The molecule has 6 nitrogen and oxygen atoms in total. The average Bonchev–Trinajstić information content (AvgIpc) is 2.89. The minimum Gasteiger partial charge on any atom is -0.383 e. The summed E-state index contributed by atoms with van der Waals surface area (Å²) < 4.78 is 29.6. The van der Waals surface area contributed by atoms with Gasteiger partial charge in [-0.1, -0.05) is 18.2 Å². The topological polar surface area (TPSA) is 66.9 Å². The Hall–Kier alpha value is -1.44. The molecule has 0 atom stereocenters. The van der Waals surface area contributed by atoms with Crippen LogP contribution in [0.15, 0.2) is 24.3 Å². The van der Waals surface area contributed by atoms with Crippen molar-refractivity contribution in [2.75, 3.05) is 44.5 Å². The molecule has 0 saturated heterocycles. The number of anilines is 1. The highest BCUT2D eigenvalue weighted by atomic mass is 32.2. The first-order valence-electron chi connectivity index (χ1n) is 7.26. The largest absolute Gasteiger partial charge is 0.383 e. The van der Waals surface area contributed by atoms with Crippen molar-refractivity contribution in [1.82, 2.24) is 4.31 Å². The molecular weight excluding hydrogens is 304 g/mol. The summed E-state index contributed by atoms with van der Waals surface area (Å²) in [6.07, 6.45) is 2.17. The molecule has 0 unspecified atom stereocenters. The lowest BCUT2D eigenvalue weighted by atomic mass is 10.2. The van der Waals surface area contributed by atoms with Crippen LogP contribution in [0.2, 0.25) is 0 Å². The van der Waals surface area contributed by atoms with Crippen LogP contribution in [-0.4, -0.2) is 58.2 Å². The minimum atomic E-state index is -3.33. The second kappa shape index (κ2) is 7.21. The number of nitrogens with zero attached hydrogens (tertiary/aromatic N) is 2. The monoisotopic (exact) mass is 326 g/mol. The lowest BCUT2D eigenvalue weighted by Crippen LogP contribution is -2.37. The first-order chi connectivity index (χ1) is 10.4. The number of ether oxygens (including phenoxy) is 1. The Labute approximate surface area is 131 Å². The normalized spacial score (nSPS) is 14.4. The summed E-state index contributed by atoms with van der Waals surface area (Å²) in [6.45, 7) is 1.42. The van der Waals surface area contributed by atoms with Gasteiger partial charge in [0.1, 0.15) is 0 Å². The highest BCUT2D eigenvalue weighted by Crippen LogP contribution is 2.27. The van der Waals surface area contributed by atoms with Gasteiger partial charge >= 0.3 is 0 Å². The second-order valence-corrected chi connectivity index (χ2v) is 7.31. The van der Waals surface area contributed by atoms with E-state index in [2.05, 4.69) is 0 Å². The van der Waals surface area contributed by atoms with Gasteiger partial charge in [-0.05, 0) is 18.1 Å². The van der Waals surface area contributed by atoms with E-state index in [1.807, 2.05) is 24.3 Å². The molecule has 0 radical (unpaired) electrons. The number of carbonyl (C=O) groups is 1. The van der Waals surface area contributed by atoms with E-state index in [1.165, 1.54) is 11.4 Å². The molecule has 7 heteroatoms. The van der Waals surface area contributed by atoms with E-state index in [-0.39, 0.29) is 25.4 Å². The van der Waals surface area contributed by atoms with Gasteiger partial charge in [-0.25, -0.2) is 8.42 Å². The zero-order valence-corrected chi connectivity index (χ0v) is 13.8. The third kappa shape index (κ3) is 4.06. The smallest absolute Gasteiger partial charge is 0.228 e. The molecule has 1 heterocycles. The van der Waals surface area contributed by atoms with Gasteiger partial charge in [-0.2, -0.15) is 4.31 Å². The van der Waals surface area contributed by atoms with Crippen LogP contribution in [0.1, 0.15) is 12.0 Å². The van der Waals surface area contributed by atoms with Crippen molar-refractivity contribution in [3.05, 3.63) is 29.8 Å². The van der Waals surface area contributed by atoms with E-state index < -0.39 is 10.0 Å². The van der Waals surface area contributed by atoms with Crippen molar-refractivity contribution in [3.63, 3.8) is 0 Å². The van der Waals surface area contributed by atoms with Crippen LogP contribution < -0.4 is 4.90 Å². The van der Waals surface area contributed by atoms with Crippen LogP contribution in [0.25, 0.3) is 0 Å². The molecule has 0 spiro atoms. The summed E-state index contributed by atoms with van der Waals surface area (Å²) >= 11 is 0. The van der Waals surface area contributed by atoms with Gasteiger partial charge in [0.05, 0.1) is 12.9 Å². The maximum atomic E-state index is 12.4. The van der Waals surface area contributed by atoms with E-state index >= 15 is 0 Å². The number of carbonyl (C=O) groups excluding carboxylic acids is 1. The average molecular weight is 326 g/mol. The molecule has 122 valence electrons. The lowest BCUT2D eigenvalue weighted by molar-refractivity contribution is -0.118. The standard InChI is InChI=1S/C15H22N2O4S/c1-21-12-11-16(22(2,19)20)9-8-15(18)17-10-7-13-5-3-4-6-14(13)17/h3-6H,7-12H2,1-2H3. The number of amides is 1. The Kier molecular flexibility index (Phi) is 5.55. The fourth-order valence-electron chi connectivity index (χ4n) is 2.59. The van der Waals surface area contributed by atoms with Crippen molar-refractivity contribution in [2.45, 2.75) is 12.8 Å². The number of methoxy groups -OCH3 is 1. The van der Waals surface area contributed by atoms with Crippen LogP contribution in [0.3, 0.4) is 0 Å². The number of hydrogen-bond acceptors (Lipinski definition) is 4. The molecule has 1 amide bonds. The van der Waals surface area contributed by atoms with Crippen LogP contribution in [0.5, 0.6) is 0 Å². The fraction of sp³-hybridized carbons (Fsp3) is 0.533. The Balaban J connectivity index is 1.97. The first-order valence-corrected chi connectivity index (χ1v) is 9.10. The maximum absolute atomic E-state index is 12.4. The molecule has 2 rings (SSSR count). The van der Waals surface area contributed by atoms with Crippen molar-refractivity contribution >= 4 is 21.6 Å². The van der Waals surface area contributed by atoms with E-state index in [0.29, 0.717) is 13.2 Å². The zero-order valence-electron chi connectivity index (χ0n) is 13.0. The molecule has 0 bridgehead atoms. The number of hydrogen-bond donors (Lipinski definition) is 0. The number of sulfonamides is 1. The summed E-state index contributed by atoms with van der Waals surface area (Å²) in [7, 11) is -1.81. The number of para-hydroxylation sites is 1. The maximum Gasteiger partial charge on any atom is 0.228 e. The molecule has 0 saturated carbocycles. The van der Waals surface area contributed by atoms with Gasteiger partial charge in [0.15, 0.2) is 0 Å². The van der Waals surface area contributed by atoms with Crippen LogP contribution >= 0.6 is 0 Å². The predicted octanol–water partition coefficient (Wildman–Crippen LogP) is 0.874. The van der Waals surface area contributed by atoms with Gasteiger partial charge in [0.2, 0.25) is 15.9 Å². The van der Waals surface area contributed by atoms with Gasteiger partial charge in [0, 0.05) is 38.9 Å². The van der Waals surface area contributed by atoms with E-state index in [0.717, 1.165) is 23.9 Å². The van der Waals surface area contributed by atoms with Gasteiger partial charge in [0.25, 0.3) is 0 Å². The van der Waals surface area contributed by atoms with Crippen LogP contribution in [0.4, 0.5) is 5.69 Å².